The van der Waals surface area contributed by atoms with Crippen molar-refractivity contribution in [3.05, 3.63) is 19.0 Å². The topological polar surface area (TPSA) is 63.6 Å². The second kappa shape index (κ2) is 17.4. The van der Waals surface area contributed by atoms with Crippen molar-refractivity contribution in [3.8, 4) is 0 Å². The van der Waals surface area contributed by atoms with Gasteiger partial charge in [-0.15, -0.1) is 23.2 Å². The van der Waals surface area contributed by atoms with Gasteiger partial charge in [-0.3, -0.25) is 9.59 Å². The number of halogens is 8. The van der Waals surface area contributed by atoms with Gasteiger partial charge in [-0.25, -0.2) is 0 Å². The van der Waals surface area contributed by atoms with E-state index in [1.807, 2.05) is 0 Å². The molecule has 0 radical (unpaired) electrons. The molecule has 0 rings (SSSR count). The van der Waals surface area contributed by atoms with E-state index in [2.05, 4.69) is 13.8 Å². The van der Waals surface area contributed by atoms with E-state index in [1.54, 1.807) is 0 Å². The summed E-state index contributed by atoms with van der Waals surface area (Å²) < 4.78 is 4.57. The largest absolute Gasteiger partial charge is 0.480 e. The minimum absolute atomic E-state index is 0.105. The molecular formula is C16H20Cl8O4. The van der Waals surface area contributed by atoms with E-state index < -0.39 is 22.7 Å². The van der Waals surface area contributed by atoms with Gasteiger partial charge in [0.05, 0.1) is 16.7 Å². The summed E-state index contributed by atoms with van der Waals surface area (Å²) in [6.45, 7) is 4.54. The Bertz CT molecular complexity index is 557. The number of carbonyl (C=O) groups excluding carboxylic acids is 1. The molecule has 3 atom stereocenters. The fourth-order valence-corrected chi connectivity index (χ4v) is 2.70. The Balaban J connectivity index is 0. The number of carboxylic acids is 1. The molecular weight excluding hydrogens is 540 g/mol. The van der Waals surface area contributed by atoms with Crippen LogP contribution in [0.5, 0.6) is 0 Å². The van der Waals surface area contributed by atoms with Gasteiger partial charge in [0.2, 0.25) is 0 Å². The van der Waals surface area contributed by atoms with Gasteiger partial charge < -0.3 is 9.84 Å². The van der Waals surface area contributed by atoms with Crippen LogP contribution in [0.4, 0.5) is 0 Å². The molecule has 0 aliphatic carbocycles. The zero-order valence-corrected chi connectivity index (χ0v) is 21.0. The number of ether oxygens (including phenoxy) is 1. The second-order valence-corrected chi connectivity index (χ2v) is 8.91. The number of unbranched alkanes of at least 4 members (excludes halogenated alkanes) is 1. The number of carbonyl (C=O) groups is 2. The standard InChI is InChI=1S/C12H18Cl4O2.C4H2Cl4O2/c1-3-5-6-8(4-2)7-18-12(17)10(14)9(13)11(15)16;5-1(3(7)8)2(6)4(9)10/h8,10H,3-7H2,1-2H3;2H,(H,9,10). The Hall–Kier alpha value is 0.740. The van der Waals surface area contributed by atoms with Gasteiger partial charge >= 0.3 is 11.9 Å². The van der Waals surface area contributed by atoms with Crippen LogP contribution in [0.3, 0.4) is 0 Å². The number of aliphatic carboxylic acids is 1. The summed E-state index contributed by atoms with van der Waals surface area (Å²) >= 11 is 43.1. The van der Waals surface area contributed by atoms with E-state index in [-0.39, 0.29) is 19.0 Å². The highest BCUT2D eigenvalue weighted by Gasteiger charge is 2.24. The second-order valence-electron chi connectivity index (χ2n) is 5.33. The van der Waals surface area contributed by atoms with Crippen molar-refractivity contribution < 1.29 is 19.4 Å². The van der Waals surface area contributed by atoms with Crippen LogP contribution in [0.15, 0.2) is 19.0 Å². The van der Waals surface area contributed by atoms with Crippen molar-refractivity contribution in [2.75, 3.05) is 6.61 Å². The van der Waals surface area contributed by atoms with Crippen molar-refractivity contribution in [2.45, 2.75) is 50.3 Å². The van der Waals surface area contributed by atoms with Gasteiger partial charge in [0.15, 0.2) is 10.8 Å². The lowest BCUT2D eigenvalue weighted by atomic mass is 10.0. The van der Waals surface area contributed by atoms with Crippen LogP contribution in [0.25, 0.3) is 0 Å². The molecule has 0 aromatic heterocycles. The first-order chi connectivity index (χ1) is 12.9. The monoisotopic (exact) mass is 556 g/mol. The summed E-state index contributed by atoms with van der Waals surface area (Å²) in [5, 5.41) is 5.34. The van der Waals surface area contributed by atoms with E-state index in [4.69, 9.17) is 103 Å². The van der Waals surface area contributed by atoms with E-state index >= 15 is 0 Å². The van der Waals surface area contributed by atoms with Crippen LogP contribution in [0.2, 0.25) is 0 Å². The molecule has 0 fully saturated rings. The molecule has 0 aliphatic rings. The molecule has 0 spiro atoms. The van der Waals surface area contributed by atoms with Crippen molar-refractivity contribution >= 4 is 105 Å². The van der Waals surface area contributed by atoms with Crippen LogP contribution in [0, 0.1) is 5.92 Å². The first-order valence-electron chi connectivity index (χ1n) is 7.99. The Morgan fingerprint density at radius 3 is 1.68 bits per heavy atom. The molecule has 0 aromatic carbocycles. The van der Waals surface area contributed by atoms with Gasteiger partial charge in [0, 0.05) is 0 Å². The first-order valence-corrected chi connectivity index (χ1v) is 11.1. The average Bonchev–Trinajstić information content (AvgIpc) is 2.65. The van der Waals surface area contributed by atoms with E-state index in [0.717, 1.165) is 25.7 Å². The Kier molecular flexibility index (Phi) is 19.2. The maximum atomic E-state index is 11.6. The number of hydrogen-bond donors (Lipinski definition) is 1. The van der Waals surface area contributed by atoms with Crippen LogP contribution < -0.4 is 0 Å². The maximum Gasteiger partial charge on any atom is 0.329 e. The number of esters is 1. The molecule has 1 N–H and O–H groups in total. The van der Waals surface area contributed by atoms with E-state index in [9.17, 15) is 9.59 Å². The highest BCUT2D eigenvalue weighted by Crippen LogP contribution is 2.26. The first kappa shape index (κ1) is 30.9. The minimum atomic E-state index is -1.37. The third-order valence-electron chi connectivity index (χ3n) is 3.23. The Morgan fingerprint density at radius 1 is 0.893 bits per heavy atom. The normalized spacial score (nSPS) is 13.4. The maximum absolute atomic E-state index is 11.6. The van der Waals surface area contributed by atoms with Crippen molar-refractivity contribution in [2.24, 2.45) is 5.92 Å². The van der Waals surface area contributed by atoms with E-state index in [1.165, 1.54) is 0 Å². The quantitative estimate of drug-likeness (QED) is 0.219. The SMILES string of the molecule is CCCCC(CC)COC(=O)C(Cl)C(Cl)=C(Cl)Cl.O=C(O)C(Cl)C(Cl)=C(Cl)Cl. The molecule has 0 saturated carbocycles. The smallest absolute Gasteiger partial charge is 0.329 e. The molecule has 0 heterocycles. The fraction of sp³-hybridized carbons (Fsp3) is 0.625. The molecule has 4 nitrogen and oxygen atoms in total. The minimum Gasteiger partial charge on any atom is -0.480 e. The summed E-state index contributed by atoms with van der Waals surface area (Å²) in [5.74, 6) is -1.55. The Labute approximate surface area is 204 Å². The highest BCUT2D eigenvalue weighted by molar-refractivity contribution is 6.61. The molecule has 28 heavy (non-hydrogen) atoms. The third-order valence-corrected chi connectivity index (χ3v) is 6.27. The van der Waals surface area contributed by atoms with Crippen molar-refractivity contribution in [1.29, 1.82) is 0 Å². The molecule has 3 unspecified atom stereocenters. The van der Waals surface area contributed by atoms with Gasteiger partial charge in [-0.1, -0.05) is 103 Å². The summed E-state index contributed by atoms with van der Waals surface area (Å²) in [6.07, 6.45) is 4.24. The number of alkyl halides is 2. The molecule has 0 aliphatic heterocycles. The lowest BCUT2D eigenvalue weighted by Gasteiger charge is -2.16. The molecule has 0 bridgehead atoms. The molecule has 164 valence electrons. The van der Waals surface area contributed by atoms with E-state index in [0.29, 0.717) is 12.5 Å². The predicted molar refractivity (Wildman–Crippen MR) is 120 cm³/mol. The van der Waals surface area contributed by atoms with Gasteiger partial charge in [0.25, 0.3) is 0 Å². The van der Waals surface area contributed by atoms with Crippen molar-refractivity contribution in [1.82, 2.24) is 0 Å². The zero-order valence-electron chi connectivity index (χ0n) is 15.0. The van der Waals surface area contributed by atoms with Gasteiger partial charge in [-0.2, -0.15) is 0 Å². The van der Waals surface area contributed by atoms with Gasteiger partial charge in [0.1, 0.15) is 8.98 Å². The average molecular weight is 560 g/mol. The predicted octanol–water partition coefficient (Wildman–Crippen LogP) is 7.80. The summed E-state index contributed by atoms with van der Waals surface area (Å²) in [6, 6.07) is 0. The molecule has 0 saturated heterocycles. The molecule has 0 aromatic rings. The zero-order chi connectivity index (χ0) is 22.4. The number of rotatable bonds is 10. The summed E-state index contributed by atoms with van der Waals surface area (Å²) in [7, 11) is 0. The number of carboxylic acid groups (broad SMARTS) is 1. The lowest BCUT2D eigenvalue weighted by Crippen LogP contribution is -2.22. The highest BCUT2D eigenvalue weighted by atomic mass is 35.5. The molecule has 0 amide bonds. The lowest BCUT2D eigenvalue weighted by molar-refractivity contribution is -0.143. The van der Waals surface area contributed by atoms with Crippen LogP contribution in [-0.2, 0) is 14.3 Å². The van der Waals surface area contributed by atoms with Crippen LogP contribution in [0.1, 0.15) is 39.5 Å². The number of hydrogen-bond acceptors (Lipinski definition) is 3. The van der Waals surface area contributed by atoms with Crippen molar-refractivity contribution in [3.63, 3.8) is 0 Å². The van der Waals surface area contributed by atoms with Gasteiger partial charge in [-0.05, 0) is 12.3 Å². The summed E-state index contributed by atoms with van der Waals surface area (Å²) in [4.78, 5) is 21.7. The summed E-state index contributed by atoms with van der Waals surface area (Å²) in [5.41, 5.74) is 0. The van der Waals surface area contributed by atoms with Crippen LogP contribution >= 0.6 is 92.8 Å². The third kappa shape index (κ3) is 13.9. The van der Waals surface area contributed by atoms with Crippen LogP contribution in [-0.4, -0.2) is 34.4 Å². The fourth-order valence-electron chi connectivity index (χ4n) is 1.57. The Morgan fingerprint density at radius 2 is 1.36 bits per heavy atom. The molecule has 12 heteroatoms.